The highest BCUT2D eigenvalue weighted by molar-refractivity contribution is 6.32. The zero-order chi connectivity index (χ0) is 20.4. The molecule has 0 saturated heterocycles. The first-order valence-corrected chi connectivity index (χ1v) is 9.38. The van der Waals surface area contributed by atoms with Crippen molar-refractivity contribution in [2.75, 3.05) is 11.9 Å². The second-order valence-corrected chi connectivity index (χ2v) is 7.02. The van der Waals surface area contributed by atoms with E-state index in [1.54, 1.807) is 30.6 Å². The van der Waals surface area contributed by atoms with E-state index in [2.05, 4.69) is 15.3 Å². The molecule has 0 atom stereocenters. The van der Waals surface area contributed by atoms with Crippen LogP contribution in [0.15, 0.2) is 59.3 Å². The van der Waals surface area contributed by atoms with Crippen molar-refractivity contribution in [3.05, 3.63) is 71.0 Å². The van der Waals surface area contributed by atoms with Crippen LogP contribution in [-0.2, 0) is 4.79 Å². The Morgan fingerprint density at radius 1 is 1.10 bits per heavy atom. The van der Waals surface area contributed by atoms with E-state index in [9.17, 15) is 4.79 Å². The lowest BCUT2D eigenvalue weighted by Gasteiger charge is -2.10. The summed E-state index contributed by atoms with van der Waals surface area (Å²) in [7, 11) is 0. The van der Waals surface area contributed by atoms with E-state index in [1.807, 2.05) is 38.1 Å². The number of aryl methyl sites for hydroxylation is 2. The Kier molecular flexibility index (Phi) is 5.18. The molecule has 2 heterocycles. The summed E-state index contributed by atoms with van der Waals surface area (Å²) in [6.07, 6.45) is 3.36. The van der Waals surface area contributed by atoms with Crippen LogP contribution in [0.5, 0.6) is 5.75 Å². The Balaban J connectivity index is 1.44. The lowest BCUT2D eigenvalue weighted by Crippen LogP contribution is -2.20. The number of hydrogen-bond donors (Lipinski definition) is 1. The molecule has 4 aromatic rings. The molecule has 1 N–H and O–H groups in total. The van der Waals surface area contributed by atoms with E-state index in [4.69, 9.17) is 20.8 Å². The predicted molar refractivity (Wildman–Crippen MR) is 112 cm³/mol. The quantitative estimate of drug-likeness (QED) is 0.493. The van der Waals surface area contributed by atoms with E-state index in [0.717, 1.165) is 16.7 Å². The van der Waals surface area contributed by atoms with Gasteiger partial charge in [-0.15, -0.1) is 0 Å². The lowest BCUT2D eigenvalue weighted by atomic mass is 10.1. The van der Waals surface area contributed by atoms with Crippen molar-refractivity contribution >= 4 is 34.3 Å². The van der Waals surface area contributed by atoms with Crippen LogP contribution in [0.1, 0.15) is 11.1 Å². The first-order valence-electron chi connectivity index (χ1n) is 9.00. The summed E-state index contributed by atoms with van der Waals surface area (Å²) in [5.74, 6) is 0.837. The predicted octanol–water partition coefficient (Wildman–Crippen LogP) is 5.18. The molecule has 2 aromatic heterocycles. The van der Waals surface area contributed by atoms with Gasteiger partial charge < -0.3 is 14.5 Å². The summed E-state index contributed by atoms with van der Waals surface area (Å²) in [6, 6.07) is 12.6. The highest BCUT2D eigenvalue weighted by Gasteiger charge is 2.11. The van der Waals surface area contributed by atoms with Crippen LogP contribution in [0.2, 0.25) is 5.02 Å². The maximum atomic E-state index is 12.3. The molecule has 6 nitrogen and oxygen atoms in total. The number of oxazole rings is 1. The van der Waals surface area contributed by atoms with Crippen LogP contribution < -0.4 is 10.1 Å². The number of ether oxygens (including phenoxy) is 1. The number of nitrogens with one attached hydrogen (secondary N) is 1. The highest BCUT2D eigenvalue weighted by Crippen LogP contribution is 2.27. The molecule has 0 aliphatic heterocycles. The fourth-order valence-corrected chi connectivity index (χ4v) is 3.07. The molecule has 7 heteroatoms. The number of fused-ring (bicyclic) bond motifs is 1. The summed E-state index contributed by atoms with van der Waals surface area (Å²) in [6.45, 7) is 3.69. The molecular weight excluding hydrogens is 390 g/mol. The van der Waals surface area contributed by atoms with Gasteiger partial charge in [-0.3, -0.25) is 9.78 Å². The number of pyridine rings is 1. The lowest BCUT2D eigenvalue weighted by molar-refractivity contribution is -0.118. The Hall–Kier alpha value is -3.38. The van der Waals surface area contributed by atoms with E-state index >= 15 is 0 Å². The number of carbonyl (C=O) groups is 1. The van der Waals surface area contributed by atoms with Crippen LogP contribution in [-0.4, -0.2) is 22.5 Å². The average molecular weight is 408 g/mol. The van der Waals surface area contributed by atoms with Crippen molar-refractivity contribution in [3.8, 4) is 17.2 Å². The topological polar surface area (TPSA) is 77.2 Å². The largest absolute Gasteiger partial charge is 0.484 e. The molecule has 2 aromatic carbocycles. The summed E-state index contributed by atoms with van der Waals surface area (Å²) >= 11 is 6.16. The van der Waals surface area contributed by atoms with Crippen LogP contribution in [0.25, 0.3) is 22.6 Å². The van der Waals surface area contributed by atoms with Gasteiger partial charge in [0, 0.05) is 28.7 Å². The Morgan fingerprint density at radius 2 is 1.83 bits per heavy atom. The molecule has 0 bridgehead atoms. The second-order valence-electron chi connectivity index (χ2n) is 6.65. The third-order valence-corrected chi connectivity index (χ3v) is 4.97. The molecule has 0 spiro atoms. The maximum Gasteiger partial charge on any atom is 0.262 e. The van der Waals surface area contributed by atoms with Gasteiger partial charge in [0.05, 0.1) is 0 Å². The molecule has 4 rings (SSSR count). The van der Waals surface area contributed by atoms with Crippen molar-refractivity contribution in [1.82, 2.24) is 9.97 Å². The number of halogens is 1. The van der Waals surface area contributed by atoms with Gasteiger partial charge in [-0.2, -0.15) is 0 Å². The molecule has 29 heavy (non-hydrogen) atoms. The number of aromatic nitrogens is 2. The third kappa shape index (κ3) is 4.22. The van der Waals surface area contributed by atoms with Gasteiger partial charge in [-0.25, -0.2) is 4.98 Å². The van der Waals surface area contributed by atoms with Gasteiger partial charge in [0.15, 0.2) is 12.2 Å². The van der Waals surface area contributed by atoms with Crippen LogP contribution in [0.4, 0.5) is 5.69 Å². The number of nitrogens with zero attached hydrogens (tertiary/aromatic N) is 2. The van der Waals surface area contributed by atoms with Gasteiger partial charge >= 0.3 is 0 Å². The SMILES string of the molecule is Cc1cc(OCC(=O)Nc2ccc3oc(-c4ccncc4)nc3c2)cc(C)c1Cl. The van der Waals surface area contributed by atoms with E-state index in [-0.39, 0.29) is 12.5 Å². The third-order valence-electron chi connectivity index (χ3n) is 4.38. The van der Waals surface area contributed by atoms with Gasteiger partial charge in [0.25, 0.3) is 5.91 Å². The zero-order valence-corrected chi connectivity index (χ0v) is 16.7. The van der Waals surface area contributed by atoms with Crippen molar-refractivity contribution in [2.45, 2.75) is 13.8 Å². The first kappa shape index (κ1) is 19.0. The van der Waals surface area contributed by atoms with Crippen LogP contribution >= 0.6 is 11.6 Å². The van der Waals surface area contributed by atoms with E-state index < -0.39 is 0 Å². The van der Waals surface area contributed by atoms with E-state index in [1.165, 1.54) is 0 Å². The molecule has 0 fully saturated rings. The Labute approximate surface area is 172 Å². The average Bonchev–Trinajstić information content (AvgIpc) is 3.14. The van der Waals surface area contributed by atoms with Crippen molar-refractivity contribution in [2.24, 2.45) is 0 Å². The number of carbonyl (C=O) groups excluding carboxylic acids is 1. The standard InChI is InChI=1S/C22H18ClN3O3/c1-13-9-17(10-14(2)21(13)23)28-12-20(27)25-16-3-4-19-18(11-16)26-22(29-19)15-5-7-24-8-6-15/h3-11H,12H2,1-2H3,(H,25,27). The van der Waals surface area contributed by atoms with Gasteiger partial charge in [0.1, 0.15) is 11.3 Å². The molecule has 0 aliphatic carbocycles. The molecule has 0 unspecified atom stereocenters. The fraction of sp³-hybridized carbons (Fsp3) is 0.136. The molecule has 0 aliphatic rings. The van der Waals surface area contributed by atoms with Crippen molar-refractivity contribution in [1.29, 1.82) is 0 Å². The Bertz CT molecular complexity index is 1170. The van der Waals surface area contributed by atoms with Gasteiger partial charge in [-0.1, -0.05) is 11.6 Å². The molecule has 0 radical (unpaired) electrons. The number of rotatable bonds is 5. The molecule has 1 amide bonds. The smallest absolute Gasteiger partial charge is 0.262 e. The molecule has 146 valence electrons. The first-order chi connectivity index (χ1) is 14.0. The van der Waals surface area contributed by atoms with E-state index in [0.29, 0.717) is 33.4 Å². The summed E-state index contributed by atoms with van der Waals surface area (Å²) in [4.78, 5) is 20.7. The summed E-state index contributed by atoms with van der Waals surface area (Å²) in [5, 5.41) is 3.51. The Morgan fingerprint density at radius 3 is 2.55 bits per heavy atom. The normalized spacial score (nSPS) is 10.9. The van der Waals surface area contributed by atoms with Gasteiger partial charge in [0.2, 0.25) is 5.89 Å². The number of hydrogen-bond acceptors (Lipinski definition) is 5. The van der Waals surface area contributed by atoms with Crippen molar-refractivity contribution in [3.63, 3.8) is 0 Å². The summed E-state index contributed by atoms with van der Waals surface area (Å²) < 4.78 is 11.4. The minimum absolute atomic E-state index is 0.111. The van der Waals surface area contributed by atoms with Crippen LogP contribution in [0.3, 0.4) is 0 Å². The van der Waals surface area contributed by atoms with Gasteiger partial charge in [-0.05, 0) is 67.4 Å². The second kappa shape index (κ2) is 7.93. The summed E-state index contributed by atoms with van der Waals surface area (Å²) in [5.41, 5.74) is 4.55. The number of benzene rings is 2. The van der Waals surface area contributed by atoms with Crippen molar-refractivity contribution < 1.29 is 13.9 Å². The minimum Gasteiger partial charge on any atom is -0.484 e. The monoisotopic (exact) mass is 407 g/mol. The minimum atomic E-state index is -0.271. The molecular formula is C22H18ClN3O3. The maximum absolute atomic E-state index is 12.3. The fourth-order valence-electron chi connectivity index (χ4n) is 2.96. The molecule has 0 saturated carbocycles. The van der Waals surface area contributed by atoms with Crippen LogP contribution in [0, 0.1) is 13.8 Å². The number of anilines is 1. The highest BCUT2D eigenvalue weighted by atomic mass is 35.5. The zero-order valence-electron chi connectivity index (χ0n) is 15.9. The number of amides is 1.